The molecule has 4 aromatic rings. The summed E-state index contributed by atoms with van der Waals surface area (Å²) in [5.41, 5.74) is 3.15. The third kappa shape index (κ3) is 4.54. The van der Waals surface area contributed by atoms with Gasteiger partial charge in [-0.2, -0.15) is 0 Å². The van der Waals surface area contributed by atoms with E-state index >= 15 is 0 Å². The van der Waals surface area contributed by atoms with Gasteiger partial charge in [0.1, 0.15) is 11.9 Å². The summed E-state index contributed by atoms with van der Waals surface area (Å²) in [6.45, 7) is 2.05. The van der Waals surface area contributed by atoms with Crippen molar-refractivity contribution in [2.75, 3.05) is 5.75 Å². The topological polar surface area (TPSA) is 77.6 Å². The normalized spacial score (nSPS) is 12.0. The summed E-state index contributed by atoms with van der Waals surface area (Å²) >= 11 is 1.37. The maximum absolute atomic E-state index is 12.8. The van der Waals surface area contributed by atoms with E-state index in [0.717, 1.165) is 28.3 Å². The van der Waals surface area contributed by atoms with Crippen molar-refractivity contribution in [2.45, 2.75) is 18.1 Å². The van der Waals surface area contributed by atoms with Gasteiger partial charge in [-0.3, -0.25) is 4.79 Å². The van der Waals surface area contributed by atoms with E-state index in [1.807, 2.05) is 90.9 Å². The molecule has 158 valence electrons. The number of carbonyl (C=O) groups is 1. The maximum atomic E-state index is 12.8. The molecule has 2 aromatic carbocycles. The Bertz CT molecular complexity index is 1180. The zero-order chi connectivity index (χ0) is 21.8. The Morgan fingerprint density at radius 2 is 1.81 bits per heavy atom. The fraction of sp³-hybridized carbons (Fsp3) is 0.217. The number of imidazole rings is 1. The fourth-order valence-corrected chi connectivity index (χ4v) is 4.15. The highest BCUT2D eigenvalue weighted by molar-refractivity contribution is 7.99. The van der Waals surface area contributed by atoms with Crippen LogP contribution in [0.2, 0.25) is 0 Å². The van der Waals surface area contributed by atoms with E-state index in [-0.39, 0.29) is 17.7 Å². The molecule has 1 atom stereocenters. The zero-order valence-corrected chi connectivity index (χ0v) is 18.5. The van der Waals surface area contributed by atoms with Gasteiger partial charge in [0.15, 0.2) is 11.0 Å². The zero-order valence-electron chi connectivity index (χ0n) is 17.7. The van der Waals surface area contributed by atoms with Gasteiger partial charge in [0.25, 0.3) is 0 Å². The lowest BCUT2D eigenvalue weighted by Crippen LogP contribution is -2.32. The van der Waals surface area contributed by atoms with E-state index in [1.165, 1.54) is 11.8 Å². The van der Waals surface area contributed by atoms with E-state index in [4.69, 9.17) is 0 Å². The van der Waals surface area contributed by atoms with Gasteiger partial charge in [0, 0.05) is 32.1 Å². The molecule has 0 spiro atoms. The largest absolute Gasteiger partial charge is 0.341 e. The molecule has 0 fully saturated rings. The number of benzene rings is 2. The molecule has 31 heavy (non-hydrogen) atoms. The number of aromatic nitrogens is 5. The number of hydrogen-bond acceptors (Lipinski definition) is 5. The lowest BCUT2D eigenvalue weighted by molar-refractivity contribution is -0.119. The second-order valence-corrected chi connectivity index (χ2v) is 8.22. The molecular formula is C23H24N6OS. The molecule has 7 nitrogen and oxygen atoms in total. The molecule has 0 bridgehead atoms. The van der Waals surface area contributed by atoms with Crippen LogP contribution < -0.4 is 5.32 Å². The number of amides is 1. The van der Waals surface area contributed by atoms with Crippen molar-refractivity contribution in [1.82, 2.24) is 29.6 Å². The molecule has 0 aliphatic carbocycles. The Morgan fingerprint density at radius 1 is 1.06 bits per heavy atom. The summed E-state index contributed by atoms with van der Waals surface area (Å²) in [7, 11) is 3.84. The number of rotatable bonds is 7. The van der Waals surface area contributed by atoms with Gasteiger partial charge in [-0.15, -0.1) is 10.2 Å². The average Bonchev–Trinajstić information content (AvgIpc) is 3.37. The molecular weight excluding hydrogens is 408 g/mol. The number of thioether (sulfide) groups is 1. The Morgan fingerprint density at radius 3 is 2.52 bits per heavy atom. The molecule has 8 heteroatoms. The van der Waals surface area contributed by atoms with Crippen molar-refractivity contribution in [3.63, 3.8) is 0 Å². The van der Waals surface area contributed by atoms with Gasteiger partial charge in [-0.25, -0.2) is 4.98 Å². The summed E-state index contributed by atoms with van der Waals surface area (Å²) in [6, 6.07) is 17.6. The highest BCUT2D eigenvalue weighted by Gasteiger charge is 2.21. The molecule has 1 amide bonds. The fourth-order valence-electron chi connectivity index (χ4n) is 3.43. The van der Waals surface area contributed by atoms with E-state index < -0.39 is 0 Å². The highest BCUT2D eigenvalue weighted by atomic mass is 32.2. The molecule has 0 radical (unpaired) electrons. The number of aryl methyl sites for hydroxylation is 2. The summed E-state index contributed by atoms with van der Waals surface area (Å²) in [6.07, 6.45) is 3.61. The monoisotopic (exact) mass is 432 g/mol. The van der Waals surface area contributed by atoms with Crippen molar-refractivity contribution in [3.8, 4) is 11.4 Å². The van der Waals surface area contributed by atoms with Crippen LogP contribution in [0.25, 0.3) is 11.4 Å². The van der Waals surface area contributed by atoms with Crippen molar-refractivity contribution in [1.29, 1.82) is 0 Å². The lowest BCUT2D eigenvalue weighted by atomic mass is 10.1. The summed E-state index contributed by atoms with van der Waals surface area (Å²) in [4.78, 5) is 17.3. The van der Waals surface area contributed by atoms with Gasteiger partial charge in [0.2, 0.25) is 5.91 Å². The van der Waals surface area contributed by atoms with Gasteiger partial charge in [0.05, 0.1) is 5.75 Å². The van der Waals surface area contributed by atoms with Gasteiger partial charge in [-0.1, -0.05) is 66.4 Å². The van der Waals surface area contributed by atoms with Crippen molar-refractivity contribution >= 4 is 17.7 Å². The molecule has 0 unspecified atom stereocenters. The van der Waals surface area contributed by atoms with Gasteiger partial charge >= 0.3 is 0 Å². The molecule has 0 saturated carbocycles. The Labute approximate surface area is 185 Å². The van der Waals surface area contributed by atoms with Crippen LogP contribution in [0, 0.1) is 6.92 Å². The summed E-state index contributed by atoms with van der Waals surface area (Å²) in [5, 5.41) is 12.4. The van der Waals surface area contributed by atoms with Crippen molar-refractivity contribution in [2.24, 2.45) is 14.1 Å². The first-order valence-corrected chi connectivity index (χ1v) is 10.9. The van der Waals surface area contributed by atoms with Crippen LogP contribution in [0.5, 0.6) is 0 Å². The van der Waals surface area contributed by atoms with Gasteiger partial charge in [-0.05, 0) is 18.1 Å². The first kappa shape index (κ1) is 20.9. The first-order valence-electron chi connectivity index (χ1n) is 9.94. The highest BCUT2D eigenvalue weighted by Crippen LogP contribution is 2.25. The smallest absolute Gasteiger partial charge is 0.231 e. The van der Waals surface area contributed by atoms with E-state index in [0.29, 0.717) is 5.16 Å². The Hall–Kier alpha value is -3.39. The van der Waals surface area contributed by atoms with Crippen LogP contribution in [0.1, 0.15) is 23.0 Å². The molecule has 0 aliphatic rings. The third-order valence-electron chi connectivity index (χ3n) is 5.11. The lowest BCUT2D eigenvalue weighted by Gasteiger charge is -2.19. The van der Waals surface area contributed by atoms with Crippen LogP contribution in [0.4, 0.5) is 0 Å². The SMILES string of the molecule is Cc1ccccc1-c1nnc(SCC(=O)N[C@H](c2ccccc2)c2nccn2C)n1C. The minimum Gasteiger partial charge on any atom is -0.341 e. The van der Waals surface area contributed by atoms with Gasteiger partial charge < -0.3 is 14.5 Å². The quantitative estimate of drug-likeness (QED) is 0.452. The first-order chi connectivity index (χ1) is 15.0. The van der Waals surface area contributed by atoms with Crippen LogP contribution in [-0.2, 0) is 18.9 Å². The minimum absolute atomic E-state index is 0.0951. The standard InChI is InChI=1S/C23H24N6OS/c1-16-9-7-8-12-18(16)21-26-27-23(29(21)3)31-15-19(30)25-20(17-10-5-4-6-11-17)22-24-13-14-28(22)2/h4-14,20H,15H2,1-3H3,(H,25,30)/t20-/m1/s1. The number of nitrogens with one attached hydrogen (secondary N) is 1. The second kappa shape index (κ2) is 9.18. The van der Waals surface area contributed by atoms with E-state index in [2.05, 4.69) is 20.5 Å². The summed E-state index contributed by atoms with van der Waals surface area (Å²) < 4.78 is 3.84. The van der Waals surface area contributed by atoms with Crippen LogP contribution in [-0.4, -0.2) is 36.0 Å². The third-order valence-corrected chi connectivity index (χ3v) is 6.13. The molecule has 2 aromatic heterocycles. The Balaban J connectivity index is 1.47. The van der Waals surface area contributed by atoms with E-state index in [9.17, 15) is 4.79 Å². The van der Waals surface area contributed by atoms with Crippen molar-refractivity contribution in [3.05, 3.63) is 83.9 Å². The number of carbonyl (C=O) groups excluding carboxylic acids is 1. The average molecular weight is 433 g/mol. The minimum atomic E-state index is -0.323. The summed E-state index contributed by atoms with van der Waals surface area (Å²) in [5.74, 6) is 1.71. The molecule has 1 N–H and O–H groups in total. The number of nitrogens with zero attached hydrogens (tertiary/aromatic N) is 5. The van der Waals surface area contributed by atoms with Crippen molar-refractivity contribution < 1.29 is 4.79 Å². The van der Waals surface area contributed by atoms with E-state index in [1.54, 1.807) is 6.20 Å². The van der Waals surface area contributed by atoms with Crippen LogP contribution in [0.15, 0.2) is 72.1 Å². The maximum Gasteiger partial charge on any atom is 0.231 e. The molecule has 2 heterocycles. The molecule has 0 saturated heterocycles. The van der Waals surface area contributed by atoms with Crippen LogP contribution in [0.3, 0.4) is 0 Å². The number of hydrogen-bond donors (Lipinski definition) is 1. The molecule has 4 rings (SSSR count). The molecule has 0 aliphatic heterocycles. The second-order valence-electron chi connectivity index (χ2n) is 7.28. The predicted molar refractivity (Wildman–Crippen MR) is 122 cm³/mol. The Kier molecular flexibility index (Phi) is 6.18. The van der Waals surface area contributed by atoms with Crippen LogP contribution >= 0.6 is 11.8 Å². The predicted octanol–water partition coefficient (Wildman–Crippen LogP) is 3.52.